The molecule has 3 aromatic carbocycles. The minimum atomic E-state index is -1.26. The first-order valence-corrected chi connectivity index (χ1v) is 13.6. The van der Waals surface area contributed by atoms with Crippen molar-refractivity contribution in [1.29, 1.82) is 0 Å². The highest BCUT2D eigenvalue weighted by molar-refractivity contribution is 5.15. The molecule has 0 radical (unpaired) electrons. The molecule has 2 aliphatic rings. The maximum atomic E-state index is 6.56. The lowest BCUT2D eigenvalue weighted by atomic mass is 9.98. The Morgan fingerprint density at radius 2 is 1.21 bits per heavy atom. The van der Waals surface area contributed by atoms with Crippen molar-refractivity contribution in [3.63, 3.8) is 0 Å². The molecular weight excluding hydrogens is 496 g/mol. The van der Waals surface area contributed by atoms with E-state index in [4.69, 9.17) is 33.2 Å². The van der Waals surface area contributed by atoms with E-state index in [-0.39, 0.29) is 6.10 Å². The van der Waals surface area contributed by atoms with Gasteiger partial charge in [0, 0.05) is 6.92 Å². The maximum absolute atomic E-state index is 6.56. The van der Waals surface area contributed by atoms with E-state index in [1.165, 1.54) is 0 Å². The largest absolute Gasteiger partial charge is 0.374 e. The number of benzene rings is 3. The summed E-state index contributed by atoms with van der Waals surface area (Å²) < 4.78 is 44.2. The van der Waals surface area contributed by atoms with Crippen molar-refractivity contribution >= 4 is 0 Å². The molecule has 0 amide bonds. The molecular formula is C32H38O7. The lowest BCUT2D eigenvalue weighted by molar-refractivity contribution is -0.355. The Hall–Kier alpha value is -2.62. The van der Waals surface area contributed by atoms with Crippen LogP contribution >= 0.6 is 0 Å². The molecule has 5 rings (SSSR count). The van der Waals surface area contributed by atoms with Crippen LogP contribution in [0.2, 0.25) is 0 Å². The topological polar surface area (TPSA) is 64.6 Å². The second-order valence-corrected chi connectivity index (χ2v) is 10.3. The molecule has 208 valence electrons. The van der Waals surface area contributed by atoms with E-state index in [0.717, 1.165) is 16.7 Å². The molecule has 1 unspecified atom stereocenters. The Morgan fingerprint density at radius 3 is 1.74 bits per heavy atom. The Kier molecular flexibility index (Phi) is 9.42. The Bertz CT molecular complexity index is 1130. The maximum Gasteiger partial charge on any atom is 0.282 e. The third-order valence-electron chi connectivity index (χ3n) is 6.69. The zero-order valence-electron chi connectivity index (χ0n) is 22.8. The van der Waals surface area contributed by atoms with Crippen molar-refractivity contribution in [1.82, 2.24) is 0 Å². The van der Waals surface area contributed by atoms with Crippen LogP contribution in [0.4, 0.5) is 0 Å². The van der Waals surface area contributed by atoms with Crippen molar-refractivity contribution in [2.45, 2.75) is 83.4 Å². The standard InChI is InChI=1S/C32H38O7/c1-23(2)37-32(3)38-30-29(35-21-26-17-11-6-12-18-26)28(34-20-25-15-9-5-10-16-25)27(36-31(30)39-32)22-33-19-24-13-7-4-8-14-24/h4-18,23,27-31H,19-22H2,1-3H3/t27-,28-,29+,30-,31-,32?/m1/s1. The van der Waals surface area contributed by atoms with Gasteiger partial charge in [0.25, 0.3) is 5.97 Å². The van der Waals surface area contributed by atoms with Gasteiger partial charge in [0.1, 0.15) is 24.4 Å². The lowest BCUT2D eigenvalue weighted by Gasteiger charge is -2.42. The molecule has 7 nitrogen and oxygen atoms in total. The van der Waals surface area contributed by atoms with E-state index in [1.54, 1.807) is 6.92 Å². The number of ether oxygens (including phenoxy) is 7. The summed E-state index contributed by atoms with van der Waals surface area (Å²) in [6.45, 7) is 7.20. The third-order valence-corrected chi connectivity index (χ3v) is 6.69. The molecule has 0 saturated carbocycles. The quantitative estimate of drug-likeness (QED) is 0.299. The molecule has 0 aliphatic carbocycles. The van der Waals surface area contributed by atoms with Gasteiger partial charge in [0.15, 0.2) is 6.29 Å². The van der Waals surface area contributed by atoms with Crippen LogP contribution < -0.4 is 0 Å². The van der Waals surface area contributed by atoms with Crippen LogP contribution in [-0.2, 0) is 53.0 Å². The SMILES string of the molecule is CC(C)OC1(C)O[C@H]2O[C@H](COCc3ccccc3)[C@@H](OCc3ccccc3)[C@H](OCc3ccccc3)[C@H]2O1. The second kappa shape index (κ2) is 13.2. The van der Waals surface area contributed by atoms with E-state index in [9.17, 15) is 0 Å². The minimum Gasteiger partial charge on any atom is -0.374 e. The highest BCUT2D eigenvalue weighted by Crippen LogP contribution is 2.40. The van der Waals surface area contributed by atoms with Crippen molar-refractivity contribution < 1.29 is 33.2 Å². The Balaban J connectivity index is 1.38. The van der Waals surface area contributed by atoms with Gasteiger partial charge in [-0.05, 0) is 30.5 Å². The molecule has 2 heterocycles. The molecule has 6 atom stereocenters. The van der Waals surface area contributed by atoms with Gasteiger partial charge < -0.3 is 28.4 Å². The molecule has 0 N–H and O–H groups in total. The average Bonchev–Trinajstić information content (AvgIpc) is 3.27. The first-order valence-electron chi connectivity index (χ1n) is 13.6. The van der Waals surface area contributed by atoms with Crippen LogP contribution in [0, 0.1) is 0 Å². The third kappa shape index (κ3) is 7.52. The van der Waals surface area contributed by atoms with Crippen molar-refractivity contribution in [2.24, 2.45) is 0 Å². The molecule has 0 aromatic heterocycles. The van der Waals surface area contributed by atoms with Crippen LogP contribution in [0.3, 0.4) is 0 Å². The predicted octanol–water partition coefficient (Wildman–Crippen LogP) is 5.61. The number of rotatable bonds is 12. The number of fused-ring (bicyclic) bond motifs is 1. The summed E-state index contributed by atoms with van der Waals surface area (Å²) in [4.78, 5) is 0. The summed E-state index contributed by atoms with van der Waals surface area (Å²) >= 11 is 0. The van der Waals surface area contributed by atoms with Gasteiger partial charge in [-0.2, -0.15) is 0 Å². The fourth-order valence-corrected chi connectivity index (χ4v) is 4.99. The van der Waals surface area contributed by atoms with Crippen LogP contribution in [0.15, 0.2) is 91.0 Å². The van der Waals surface area contributed by atoms with Crippen LogP contribution in [0.1, 0.15) is 37.5 Å². The zero-order valence-corrected chi connectivity index (χ0v) is 22.8. The van der Waals surface area contributed by atoms with Crippen LogP contribution in [0.25, 0.3) is 0 Å². The lowest BCUT2D eigenvalue weighted by Crippen LogP contribution is -2.59. The molecule has 7 heteroatoms. The fourth-order valence-electron chi connectivity index (χ4n) is 4.99. The van der Waals surface area contributed by atoms with Gasteiger partial charge in [0.2, 0.25) is 0 Å². The molecule has 2 fully saturated rings. The van der Waals surface area contributed by atoms with E-state index in [1.807, 2.05) is 105 Å². The van der Waals surface area contributed by atoms with E-state index in [0.29, 0.717) is 26.4 Å². The molecule has 0 bridgehead atoms. The monoisotopic (exact) mass is 534 g/mol. The van der Waals surface area contributed by atoms with Crippen molar-refractivity contribution in [3.8, 4) is 0 Å². The predicted molar refractivity (Wildman–Crippen MR) is 145 cm³/mol. The van der Waals surface area contributed by atoms with E-state index in [2.05, 4.69) is 0 Å². The number of hydrogen-bond acceptors (Lipinski definition) is 7. The first kappa shape index (κ1) is 27.9. The summed E-state index contributed by atoms with van der Waals surface area (Å²) in [6, 6.07) is 30.2. The molecule has 39 heavy (non-hydrogen) atoms. The Morgan fingerprint density at radius 1 is 0.692 bits per heavy atom. The smallest absolute Gasteiger partial charge is 0.282 e. The minimum absolute atomic E-state index is 0.103. The summed E-state index contributed by atoms with van der Waals surface area (Å²) in [7, 11) is 0. The normalized spacial score (nSPS) is 28.5. The van der Waals surface area contributed by atoms with Gasteiger partial charge in [-0.25, -0.2) is 0 Å². The van der Waals surface area contributed by atoms with Crippen LogP contribution in [-0.4, -0.2) is 49.4 Å². The summed E-state index contributed by atoms with van der Waals surface area (Å²) in [5.41, 5.74) is 3.20. The van der Waals surface area contributed by atoms with Gasteiger partial charge in [-0.3, -0.25) is 4.74 Å². The highest BCUT2D eigenvalue weighted by Gasteiger charge is 2.58. The summed E-state index contributed by atoms with van der Waals surface area (Å²) in [6.07, 6.45) is -2.77. The Labute approximate surface area is 230 Å². The second-order valence-electron chi connectivity index (χ2n) is 10.3. The van der Waals surface area contributed by atoms with Gasteiger partial charge in [0.05, 0.1) is 32.5 Å². The molecule has 3 aromatic rings. The van der Waals surface area contributed by atoms with Gasteiger partial charge >= 0.3 is 0 Å². The zero-order chi connectivity index (χ0) is 27.1. The fraction of sp³-hybridized carbons (Fsp3) is 0.438. The molecule has 2 saturated heterocycles. The van der Waals surface area contributed by atoms with E-state index >= 15 is 0 Å². The van der Waals surface area contributed by atoms with Gasteiger partial charge in [-0.15, -0.1) is 0 Å². The van der Waals surface area contributed by atoms with Crippen molar-refractivity contribution in [3.05, 3.63) is 108 Å². The van der Waals surface area contributed by atoms with E-state index < -0.39 is 36.7 Å². The molecule has 0 spiro atoms. The first-order chi connectivity index (χ1) is 19.0. The number of hydrogen-bond donors (Lipinski definition) is 0. The summed E-state index contributed by atoms with van der Waals surface area (Å²) in [5.74, 6) is -1.26. The molecule has 2 aliphatic heterocycles. The van der Waals surface area contributed by atoms with Gasteiger partial charge in [-0.1, -0.05) is 91.0 Å². The van der Waals surface area contributed by atoms with Crippen LogP contribution in [0.5, 0.6) is 0 Å². The van der Waals surface area contributed by atoms with Crippen molar-refractivity contribution in [2.75, 3.05) is 6.61 Å². The average molecular weight is 535 g/mol. The highest BCUT2D eigenvalue weighted by atomic mass is 16.9. The summed E-state index contributed by atoms with van der Waals surface area (Å²) in [5, 5.41) is 0.